The first-order valence-electron chi connectivity index (χ1n) is 6.59. The number of aliphatic hydroxyl groups excluding tert-OH is 1. The van der Waals surface area contributed by atoms with Crippen molar-refractivity contribution in [1.82, 2.24) is 9.55 Å². The molecule has 0 spiro atoms. The van der Waals surface area contributed by atoms with Crippen molar-refractivity contribution in [3.05, 3.63) is 24.5 Å². The van der Waals surface area contributed by atoms with Crippen molar-refractivity contribution < 1.29 is 5.11 Å². The molecule has 4 nitrogen and oxygen atoms in total. The predicted molar refractivity (Wildman–Crippen MR) is 72.8 cm³/mol. The molecule has 1 atom stereocenters. The van der Waals surface area contributed by atoms with Crippen LogP contribution in [0, 0.1) is 0 Å². The number of imidazole rings is 1. The van der Waals surface area contributed by atoms with Crippen LogP contribution in [0.5, 0.6) is 0 Å². The summed E-state index contributed by atoms with van der Waals surface area (Å²) < 4.78 is 2.04. The lowest BCUT2D eigenvalue weighted by Gasteiger charge is -2.36. The number of fused-ring (bicyclic) bond motifs is 1. The van der Waals surface area contributed by atoms with Gasteiger partial charge in [-0.15, -0.1) is 0 Å². The first-order valence-corrected chi connectivity index (χ1v) is 6.59. The zero-order chi connectivity index (χ0) is 12.5. The highest BCUT2D eigenvalue weighted by atomic mass is 16.3. The van der Waals surface area contributed by atoms with E-state index in [-0.39, 0.29) is 12.6 Å². The maximum absolute atomic E-state index is 9.53. The van der Waals surface area contributed by atoms with E-state index in [1.54, 1.807) is 0 Å². The molecule has 18 heavy (non-hydrogen) atoms. The van der Waals surface area contributed by atoms with E-state index < -0.39 is 0 Å². The molecule has 1 N–H and O–H groups in total. The molecular weight excluding hydrogens is 226 g/mol. The van der Waals surface area contributed by atoms with Gasteiger partial charge in [-0.2, -0.15) is 0 Å². The average Bonchev–Trinajstić information content (AvgIpc) is 2.81. The largest absolute Gasteiger partial charge is 0.394 e. The maximum atomic E-state index is 9.53. The number of aliphatic hydroxyl groups is 1. The van der Waals surface area contributed by atoms with Crippen molar-refractivity contribution in [2.24, 2.45) is 7.05 Å². The molecule has 0 amide bonds. The molecule has 1 fully saturated rings. The molecule has 2 heterocycles. The molecule has 0 bridgehead atoms. The molecule has 96 valence electrons. The molecule has 4 heteroatoms. The van der Waals surface area contributed by atoms with Gasteiger partial charge in [0.2, 0.25) is 0 Å². The van der Waals surface area contributed by atoms with E-state index >= 15 is 0 Å². The van der Waals surface area contributed by atoms with E-state index in [1.807, 2.05) is 17.9 Å². The van der Waals surface area contributed by atoms with Crippen LogP contribution >= 0.6 is 0 Å². The van der Waals surface area contributed by atoms with Gasteiger partial charge in [0, 0.05) is 13.6 Å². The Morgan fingerprint density at radius 3 is 3.11 bits per heavy atom. The van der Waals surface area contributed by atoms with Crippen LogP contribution in [0.4, 0.5) is 5.69 Å². The number of hydrogen-bond donors (Lipinski definition) is 1. The van der Waals surface area contributed by atoms with Crippen molar-refractivity contribution in [2.45, 2.75) is 25.3 Å². The summed E-state index contributed by atoms with van der Waals surface area (Å²) in [5, 5.41) is 9.53. The van der Waals surface area contributed by atoms with E-state index in [0.717, 1.165) is 29.7 Å². The molecular formula is C14H19N3O. The fourth-order valence-corrected chi connectivity index (χ4v) is 2.88. The maximum Gasteiger partial charge on any atom is 0.112 e. The van der Waals surface area contributed by atoms with Crippen LogP contribution in [-0.4, -0.2) is 33.9 Å². The van der Waals surface area contributed by atoms with Crippen LogP contribution in [0.25, 0.3) is 11.0 Å². The van der Waals surface area contributed by atoms with E-state index in [0.29, 0.717) is 0 Å². The summed E-state index contributed by atoms with van der Waals surface area (Å²) >= 11 is 0. The van der Waals surface area contributed by atoms with Crippen LogP contribution in [-0.2, 0) is 7.05 Å². The molecule has 1 aliphatic rings. The highest BCUT2D eigenvalue weighted by Gasteiger charge is 2.23. The van der Waals surface area contributed by atoms with Crippen LogP contribution in [0.2, 0.25) is 0 Å². The van der Waals surface area contributed by atoms with Crippen molar-refractivity contribution >= 4 is 16.7 Å². The summed E-state index contributed by atoms with van der Waals surface area (Å²) in [5.74, 6) is 0. The molecule has 2 aromatic rings. The topological polar surface area (TPSA) is 41.3 Å². The van der Waals surface area contributed by atoms with E-state index in [9.17, 15) is 5.11 Å². The highest BCUT2D eigenvalue weighted by molar-refractivity contribution is 5.89. The third-order valence-electron chi connectivity index (χ3n) is 3.88. The van der Waals surface area contributed by atoms with Gasteiger partial charge in [0.05, 0.1) is 30.2 Å². The van der Waals surface area contributed by atoms with Crippen molar-refractivity contribution in [1.29, 1.82) is 0 Å². The zero-order valence-electron chi connectivity index (χ0n) is 10.7. The van der Waals surface area contributed by atoms with Crippen LogP contribution in [0.3, 0.4) is 0 Å². The summed E-state index contributed by atoms with van der Waals surface area (Å²) in [4.78, 5) is 6.82. The van der Waals surface area contributed by atoms with Gasteiger partial charge in [-0.05, 0) is 31.4 Å². The number of aryl methyl sites for hydroxylation is 1. The van der Waals surface area contributed by atoms with E-state index in [1.165, 1.54) is 12.8 Å². The summed E-state index contributed by atoms with van der Waals surface area (Å²) in [5.41, 5.74) is 3.35. The van der Waals surface area contributed by atoms with Gasteiger partial charge in [0.1, 0.15) is 5.52 Å². The van der Waals surface area contributed by atoms with Gasteiger partial charge in [-0.1, -0.05) is 6.07 Å². The van der Waals surface area contributed by atoms with Gasteiger partial charge < -0.3 is 14.6 Å². The van der Waals surface area contributed by atoms with Gasteiger partial charge >= 0.3 is 0 Å². The normalized spacial score (nSPS) is 20.6. The molecule has 1 aromatic carbocycles. The lowest BCUT2D eigenvalue weighted by atomic mass is 10.0. The third kappa shape index (κ3) is 1.77. The quantitative estimate of drug-likeness (QED) is 0.879. The average molecular weight is 245 g/mol. The molecule has 0 unspecified atom stereocenters. The fraction of sp³-hybridized carbons (Fsp3) is 0.500. The molecule has 0 saturated carbocycles. The smallest absolute Gasteiger partial charge is 0.112 e. The summed E-state index contributed by atoms with van der Waals surface area (Å²) in [6.07, 6.45) is 5.32. The van der Waals surface area contributed by atoms with E-state index in [4.69, 9.17) is 0 Å². The summed E-state index contributed by atoms with van der Waals surface area (Å²) in [6.45, 7) is 1.24. The van der Waals surface area contributed by atoms with E-state index in [2.05, 4.69) is 28.1 Å². The Morgan fingerprint density at radius 1 is 1.39 bits per heavy atom. The number of aromatic nitrogens is 2. The predicted octanol–water partition coefficient (Wildman–Crippen LogP) is 1.92. The molecule has 3 rings (SSSR count). The highest BCUT2D eigenvalue weighted by Crippen LogP contribution is 2.30. The van der Waals surface area contributed by atoms with Crippen molar-refractivity contribution in [2.75, 3.05) is 18.1 Å². The number of para-hydroxylation sites is 1. The minimum absolute atomic E-state index is 0.225. The first kappa shape index (κ1) is 11.5. The second kappa shape index (κ2) is 4.61. The van der Waals surface area contributed by atoms with Crippen LogP contribution in [0.1, 0.15) is 19.3 Å². The van der Waals surface area contributed by atoms with Gasteiger partial charge in [0.15, 0.2) is 0 Å². The molecule has 0 radical (unpaired) electrons. The number of hydrogen-bond acceptors (Lipinski definition) is 3. The zero-order valence-corrected chi connectivity index (χ0v) is 10.7. The Bertz CT molecular complexity index is 549. The lowest BCUT2D eigenvalue weighted by Crippen LogP contribution is -2.42. The Kier molecular flexibility index (Phi) is 2.96. The number of piperidine rings is 1. The Labute approximate surface area is 107 Å². The van der Waals surface area contributed by atoms with Crippen molar-refractivity contribution in [3.63, 3.8) is 0 Å². The van der Waals surface area contributed by atoms with Crippen LogP contribution < -0.4 is 4.90 Å². The summed E-state index contributed by atoms with van der Waals surface area (Å²) in [7, 11) is 2.01. The van der Waals surface area contributed by atoms with Gasteiger partial charge in [-0.25, -0.2) is 4.98 Å². The Balaban J connectivity index is 2.07. The van der Waals surface area contributed by atoms with Gasteiger partial charge in [0.25, 0.3) is 0 Å². The summed E-state index contributed by atoms with van der Waals surface area (Å²) in [6, 6.07) is 6.52. The van der Waals surface area contributed by atoms with Crippen LogP contribution in [0.15, 0.2) is 24.5 Å². The SMILES string of the molecule is Cn1cnc2c(N3CCCC[C@@H]3CO)cccc21. The monoisotopic (exact) mass is 245 g/mol. The second-order valence-electron chi connectivity index (χ2n) is 5.03. The van der Waals surface area contributed by atoms with Gasteiger partial charge in [-0.3, -0.25) is 0 Å². The first-order chi connectivity index (χ1) is 8.81. The number of nitrogens with zero attached hydrogens (tertiary/aromatic N) is 3. The standard InChI is InChI=1S/C14H19N3O/c1-16-10-15-14-12(16)6-4-7-13(14)17-8-3-2-5-11(17)9-18/h4,6-7,10-11,18H,2-3,5,8-9H2,1H3/t11-/m1/s1. The lowest BCUT2D eigenvalue weighted by molar-refractivity contribution is 0.240. The Morgan fingerprint density at radius 2 is 2.28 bits per heavy atom. The number of benzene rings is 1. The number of rotatable bonds is 2. The molecule has 0 aliphatic carbocycles. The third-order valence-corrected chi connectivity index (χ3v) is 3.88. The van der Waals surface area contributed by atoms with Crippen molar-refractivity contribution in [3.8, 4) is 0 Å². The molecule has 1 aliphatic heterocycles. The second-order valence-corrected chi connectivity index (χ2v) is 5.03. The molecule has 1 saturated heterocycles. The minimum Gasteiger partial charge on any atom is -0.394 e. The minimum atomic E-state index is 0.225. The molecule has 1 aromatic heterocycles. The number of anilines is 1. The fourth-order valence-electron chi connectivity index (χ4n) is 2.88. The Hall–Kier alpha value is -1.55.